The molecule has 0 aliphatic carbocycles. The lowest BCUT2D eigenvalue weighted by Crippen LogP contribution is -2.42. The van der Waals surface area contributed by atoms with E-state index in [1.807, 2.05) is 13.0 Å². The van der Waals surface area contributed by atoms with Crippen molar-refractivity contribution in [3.63, 3.8) is 0 Å². The van der Waals surface area contributed by atoms with E-state index in [0.29, 0.717) is 42.3 Å². The zero-order valence-electron chi connectivity index (χ0n) is 15.4. The van der Waals surface area contributed by atoms with Gasteiger partial charge in [-0.05, 0) is 37.5 Å². The lowest BCUT2D eigenvalue weighted by Gasteiger charge is -2.31. The molecule has 0 bridgehead atoms. The first kappa shape index (κ1) is 19.9. The molecule has 0 radical (unpaired) electrons. The Kier molecular flexibility index (Phi) is 5.93. The summed E-state index contributed by atoms with van der Waals surface area (Å²) in [7, 11) is -1.72. The number of aryl methyl sites for hydroxylation is 1. The molecule has 1 aromatic heterocycles. The van der Waals surface area contributed by atoms with Crippen molar-refractivity contribution >= 4 is 21.6 Å². The quantitative estimate of drug-likeness (QED) is 0.760. The zero-order valence-corrected chi connectivity index (χ0v) is 17.0. The Labute approximate surface area is 164 Å². The number of sulfonamides is 1. The average molecular weight is 411 g/mol. The van der Waals surface area contributed by atoms with Crippen LogP contribution >= 0.6 is 11.6 Å². The molecular weight excluding hydrogens is 388 g/mol. The van der Waals surface area contributed by atoms with Gasteiger partial charge in [-0.25, -0.2) is 12.7 Å². The topological polar surface area (TPSA) is 68.6 Å². The highest BCUT2D eigenvalue weighted by molar-refractivity contribution is 7.88. The number of piperidine rings is 1. The summed E-state index contributed by atoms with van der Waals surface area (Å²) in [5.74, 6) is 0.430. The summed E-state index contributed by atoms with van der Waals surface area (Å²) in [6, 6.07) is 10.3. The van der Waals surface area contributed by atoms with E-state index in [2.05, 4.69) is 0 Å². The number of hydrogen-bond acceptors (Lipinski definition) is 4. The third-order valence-corrected chi connectivity index (χ3v) is 7.07. The highest BCUT2D eigenvalue weighted by Crippen LogP contribution is 2.24. The molecule has 1 aliphatic heterocycles. The van der Waals surface area contributed by atoms with Crippen molar-refractivity contribution in [2.75, 3.05) is 13.1 Å². The predicted molar refractivity (Wildman–Crippen MR) is 106 cm³/mol. The summed E-state index contributed by atoms with van der Waals surface area (Å²) < 4.78 is 34.3. The first-order valence-corrected chi connectivity index (χ1v) is 10.8. The molecule has 3 rings (SSSR count). The first-order chi connectivity index (χ1) is 12.8. The summed E-state index contributed by atoms with van der Waals surface area (Å²) >= 11 is 6.09. The fraction of sp³-hybridized carbons (Fsp3) is 0.421. The van der Waals surface area contributed by atoms with E-state index in [1.165, 1.54) is 10.4 Å². The Morgan fingerprint density at radius 1 is 1.19 bits per heavy atom. The van der Waals surface area contributed by atoms with E-state index in [1.54, 1.807) is 35.9 Å². The maximum absolute atomic E-state index is 12.7. The Bertz CT molecular complexity index is 979. The van der Waals surface area contributed by atoms with Gasteiger partial charge in [0.05, 0.1) is 5.75 Å². The largest absolute Gasteiger partial charge is 0.490 e. The minimum atomic E-state index is -3.43. The van der Waals surface area contributed by atoms with Gasteiger partial charge in [0.15, 0.2) is 0 Å². The van der Waals surface area contributed by atoms with Crippen molar-refractivity contribution < 1.29 is 13.2 Å². The summed E-state index contributed by atoms with van der Waals surface area (Å²) in [5.41, 5.74) is 1.30. The summed E-state index contributed by atoms with van der Waals surface area (Å²) in [6.07, 6.45) is 1.05. The average Bonchev–Trinajstić information content (AvgIpc) is 2.62. The SMILES string of the molecule is Cc1cc(OC2CCN(S(=O)(=O)Cc3ccccc3Cl)CC2)cc(=O)n1C. The monoisotopic (exact) mass is 410 g/mol. The smallest absolute Gasteiger partial charge is 0.254 e. The van der Waals surface area contributed by atoms with Gasteiger partial charge in [0.1, 0.15) is 11.9 Å². The van der Waals surface area contributed by atoms with Crippen LogP contribution in [0.2, 0.25) is 5.02 Å². The highest BCUT2D eigenvalue weighted by atomic mass is 35.5. The van der Waals surface area contributed by atoms with Gasteiger partial charge in [-0.3, -0.25) is 4.79 Å². The minimum absolute atomic E-state index is 0.105. The molecule has 8 heteroatoms. The lowest BCUT2D eigenvalue weighted by molar-refractivity contribution is 0.134. The van der Waals surface area contributed by atoms with Crippen LogP contribution in [0.25, 0.3) is 0 Å². The number of ether oxygens (including phenoxy) is 1. The number of hydrogen-bond donors (Lipinski definition) is 0. The normalized spacial score (nSPS) is 16.4. The molecule has 1 aromatic carbocycles. The number of pyridine rings is 1. The van der Waals surface area contributed by atoms with E-state index < -0.39 is 10.0 Å². The van der Waals surface area contributed by atoms with E-state index in [0.717, 1.165) is 5.69 Å². The van der Waals surface area contributed by atoms with E-state index in [4.69, 9.17) is 16.3 Å². The third kappa shape index (κ3) is 4.72. The molecule has 0 amide bonds. The van der Waals surface area contributed by atoms with E-state index >= 15 is 0 Å². The van der Waals surface area contributed by atoms with Crippen LogP contribution in [0.15, 0.2) is 41.2 Å². The molecule has 0 unspecified atom stereocenters. The van der Waals surface area contributed by atoms with Crippen LogP contribution in [-0.4, -0.2) is 36.5 Å². The zero-order chi connectivity index (χ0) is 19.6. The van der Waals surface area contributed by atoms with Crippen molar-refractivity contribution in [2.24, 2.45) is 7.05 Å². The van der Waals surface area contributed by atoms with E-state index in [9.17, 15) is 13.2 Å². The Morgan fingerprint density at radius 2 is 1.85 bits per heavy atom. The number of nitrogens with zero attached hydrogens (tertiary/aromatic N) is 2. The van der Waals surface area contributed by atoms with E-state index in [-0.39, 0.29) is 17.4 Å². The predicted octanol–water partition coefficient (Wildman–Crippen LogP) is 2.72. The molecule has 0 saturated carbocycles. The first-order valence-electron chi connectivity index (χ1n) is 8.82. The Balaban J connectivity index is 1.61. The number of aromatic nitrogens is 1. The molecule has 0 N–H and O–H groups in total. The number of rotatable bonds is 5. The van der Waals surface area contributed by atoms with Crippen LogP contribution in [0.1, 0.15) is 24.1 Å². The van der Waals surface area contributed by atoms with Crippen LogP contribution in [0.5, 0.6) is 5.75 Å². The summed E-state index contributed by atoms with van der Waals surface area (Å²) in [6.45, 7) is 2.63. The van der Waals surface area contributed by atoms with Crippen LogP contribution in [0.3, 0.4) is 0 Å². The molecule has 1 aliphatic rings. The molecule has 0 atom stereocenters. The molecule has 1 saturated heterocycles. The number of benzene rings is 1. The summed E-state index contributed by atoms with van der Waals surface area (Å²) in [4.78, 5) is 11.9. The molecule has 0 spiro atoms. The van der Waals surface area contributed by atoms with Gasteiger partial charge >= 0.3 is 0 Å². The second kappa shape index (κ2) is 8.04. The van der Waals surface area contributed by atoms with Gasteiger partial charge in [0.2, 0.25) is 10.0 Å². The van der Waals surface area contributed by atoms with Crippen molar-refractivity contribution in [2.45, 2.75) is 31.6 Å². The van der Waals surface area contributed by atoms with Gasteiger partial charge in [0.25, 0.3) is 5.56 Å². The fourth-order valence-corrected chi connectivity index (χ4v) is 5.00. The molecule has 1 fully saturated rings. The van der Waals surface area contributed by atoms with Crippen LogP contribution < -0.4 is 10.3 Å². The van der Waals surface area contributed by atoms with Gasteiger partial charge in [-0.1, -0.05) is 29.8 Å². The molecule has 2 aromatic rings. The standard InChI is InChI=1S/C19H23ClN2O4S/c1-14-11-17(12-19(23)21(14)2)26-16-7-9-22(10-8-16)27(24,25)13-15-5-3-4-6-18(15)20/h3-6,11-12,16H,7-10,13H2,1-2H3. The van der Waals surface area contributed by atoms with Crippen molar-refractivity contribution in [1.29, 1.82) is 0 Å². The van der Waals surface area contributed by atoms with Crippen molar-refractivity contribution in [1.82, 2.24) is 8.87 Å². The van der Waals surface area contributed by atoms with Crippen molar-refractivity contribution in [3.05, 3.63) is 63.0 Å². The second-order valence-electron chi connectivity index (χ2n) is 6.79. The van der Waals surface area contributed by atoms with Gasteiger partial charge in [-0.15, -0.1) is 0 Å². The summed E-state index contributed by atoms with van der Waals surface area (Å²) in [5, 5.41) is 0.459. The van der Waals surface area contributed by atoms with Gasteiger partial charge < -0.3 is 9.30 Å². The maximum atomic E-state index is 12.7. The number of halogens is 1. The van der Waals surface area contributed by atoms with Crippen LogP contribution in [0.4, 0.5) is 0 Å². The second-order valence-corrected chi connectivity index (χ2v) is 9.17. The minimum Gasteiger partial charge on any atom is -0.490 e. The molecular formula is C19H23ClN2O4S. The molecule has 27 heavy (non-hydrogen) atoms. The maximum Gasteiger partial charge on any atom is 0.254 e. The molecule has 146 valence electrons. The van der Waals surface area contributed by atoms with Crippen LogP contribution in [-0.2, 0) is 22.8 Å². The third-order valence-electron chi connectivity index (χ3n) is 4.87. The van der Waals surface area contributed by atoms with Gasteiger partial charge in [-0.2, -0.15) is 0 Å². The highest BCUT2D eigenvalue weighted by Gasteiger charge is 2.29. The van der Waals surface area contributed by atoms with Gasteiger partial charge in [0, 0.05) is 36.9 Å². The van der Waals surface area contributed by atoms with Crippen LogP contribution in [0, 0.1) is 6.92 Å². The van der Waals surface area contributed by atoms with Crippen molar-refractivity contribution in [3.8, 4) is 5.75 Å². The Morgan fingerprint density at radius 3 is 2.48 bits per heavy atom. The molecule has 2 heterocycles. The Hall–Kier alpha value is -1.83. The molecule has 6 nitrogen and oxygen atoms in total. The fourth-order valence-electron chi connectivity index (χ4n) is 3.13. The lowest BCUT2D eigenvalue weighted by atomic mass is 10.1.